The minimum absolute atomic E-state index is 0.235. The van der Waals surface area contributed by atoms with Gasteiger partial charge in [0.25, 0.3) is 0 Å². The molecule has 0 spiro atoms. The van der Waals surface area contributed by atoms with Gasteiger partial charge in [0.1, 0.15) is 0 Å². The van der Waals surface area contributed by atoms with Crippen molar-refractivity contribution in [2.75, 3.05) is 24.6 Å². The number of hydrogen-bond donors (Lipinski definition) is 1. The predicted octanol–water partition coefficient (Wildman–Crippen LogP) is 2.31. The Balaban J connectivity index is 1.92. The lowest BCUT2D eigenvalue weighted by molar-refractivity contribution is 0.299. The highest BCUT2D eigenvalue weighted by molar-refractivity contribution is 5.50. The molecule has 1 fully saturated rings. The second-order valence-corrected chi connectivity index (χ2v) is 5.05. The summed E-state index contributed by atoms with van der Waals surface area (Å²) in [7, 11) is 0. The van der Waals surface area contributed by atoms with Gasteiger partial charge in [0.05, 0.1) is 0 Å². The van der Waals surface area contributed by atoms with Crippen molar-refractivity contribution >= 4 is 5.69 Å². The molecule has 0 aliphatic carbocycles. The molecule has 1 heterocycles. The number of rotatable bonds is 4. The molecule has 2 heteroatoms. The predicted molar refractivity (Wildman–Crippen MR) is 67.8 cm³/mol. The Bertz CT molecular complexity index is 325. The highest BCUT2D eigenvalue weighted by atomic mass is 16.2. The first-order chi connectivity index (χ1) is 7.70. The summed E-state index contributed by atoms with van der Waals surface area (Å²) in [6.07, 6.45) is 0.759. The molecule has 0 bridgehead atoms. The summed E-state index contributed by atoms with van der Waals surface area (Å²) in [4.78, 5) is 2.42. The number of hydrogen-bond acceptors (Lipinski definition) is 2. The van der Waals surface area contributed by atoms with E-state index in [1.165, 1.54) is 24.3 Å². The molecule has 2 rings (SSSR count). The third kappa shape index (κ3) is 2.38. The van der Waals surface area contributed by atoms with Crippen LogP contribution in [0.3, 0.4) is 0 Å². The topological polar surface area (TPSA) is 23.5 Å². The molecule has 0 atom stereocenters. The van der Waals surface area contributed by atoms with E-state index >= 15 is 0 Å². The van der Waals surface area contributed by atoms with Crippen LogP contribution in [0.1, 0.15) is 19.4 Å². The lowest BCUT2D eigenvalue weighted by atomic mass is 9.88. The molecule has 0 unspecified atom stereocenters. The number of aliphatic hydroxyl groups is 1. The van der Waals surface area contributed by atoms with Crippen molar-refractivity contribution in [2.45, 2.75) is 20.3 Å². The molecular formula is C14H21NO. The van der Waals surface area contributed by atoms with Gasteiger partial charge >= 0.3 is 0 Å². The van der Waals surface area contributed by atoms with E-state index in [9.17, 15) is 0 Å². The fraction of sp³-hybridized carbons (Fsp3) is 0.571. The molecular weight excluding hydrogens is 198 g/mol. The first-order valence-electron chi connectivity index (χ1n) is 6.15. The summed E-state index contributed by atoms with van der Waals surface area (Å²) in [6, 6.07) is 8.57. The highest BCUT2D eigenvalue weighted by Crippen LogP contribution is 2.29. The Labute approximate surface area is 97.9 Å². The normalized spacial score (nSPS) is 16.6. The third-order valence-corrected chi connectivity index (χ3v) is 3.55. The van der Waals surface area contributed by atoms with E-state index < -0.39 is 0 Å². The maximum Gasteiger partial charge on any atom is 0.0471 e. The average Bonchev–Trinajstić information content (AvgIpc) is 2.18. The quantitative estimate of drug-likeness (QED) is 0.840. The van der Waals surface area contributed by atoms with Crippen LogP contribution >= 0.6 is 0 Å². The average molecular weight is 219 g/mol. The van der Waals surface area contributed by atoms with E-state index in [4.69, 9.17) is 5.11 Å². The Hall–Kier alpha value is -1.02. The van der Waals surface area contributed by atoms with Crippen LogP contribution in [0.4, 0.5) is 5.69 Å². The Kier molecular flexibility index (Phi) is 3.49. The van der Waals surface area contributed by atoms with Crippen molar-refractivity contribution in [3.05, 3.63) is 29.8 Å². The molecule has 0 amide bonds. The summed E-state index contributed by atoms with van der Waals surface area (Å²) in [5.74, 6) is 1.65. The third-order valence-electron chi connectivity index (χ3n) is 3.55. The standard InChI is InChI=1S/C14H21NO/c1-11(2)13-9-15(10-13)14-5-3-12(4-6-14)7-8-16/h3-6,11,13,16H,7-10H2,1-2H3. The molecule has 1 saturated heterocycles. The summed E-state index contributed by atoms with van der Waals surface area (Å²) in [6.45, 7) is 7.21. The van der Waals surface area contributed by atoms with Gasteiger partial charge in [-0.3, -0.25) is 0 Å². The first kappa shape index (κ1) is 11.5. The van der Waals surface area contributed by atoms with E-state index in [0.717, 1.165) is 18.3 Å². The van der Waals surface area contributed by atoms with E-state index in [2.05, 4.69) is 43.0 Å². The van der Waals surface area contributed by atoms with Crippen LogP contribution in [-0.4, -0.2) is 24.8 Å². The van der Waals surface area contributed by atoms with Gasteiger partial charge in [-0.15, -0.1) is 0 Å². The number of nitrogens with zero attached hydrogens (tertiary/aromatic N) is 1. The monoisotopic (exact) mass is 219 g/mol. The van der Waals surface area contributed by atoms with E-state index in [-0.39, 0.29) is 6.61 Å². The molecule has 0 aromatic heterocycles. The zero-order chi connectivity index (χ0) is 11.5. The molecule has 0 saturated carbocycles. The van der Waals surface area contributed by atoms with Crippen LogP contribution < -0.4 is 4.90 Å². The maximum absolute atomic E-state index is 8.84. The zero-order valence-electron chi connectivity index (χ0n) is 10.2. The Morgan fingerprint density at radius 3 is 2.38 bits per heavy atom. The fourth-order valence-corrected chi connectivity index (χ4v) is 2.15. The first-order valence-corrected chi connectivity index (χ1v) is 6.15. The van der Waals surface area contributed by atoms with E-state index in [1.54, 1.807) is 0 Å². The number of benzene rings is 1. The number of anilines is 1. The van der Waals surface area contributed by atoms with Crippen LogP contribution in [0.5, 0.6) is 0 Å². The largest absolute Gasteiger partial charge is 0.396 e. The molecule has 88 valence electrons. The Morgan fingerprint density at radius 2 is 1.88 bits per heavy atom. The zero-order valence-corrected chi connectivity index (χ0v) is 10.2. The molecule has 1 N–H and O–H groups in total. The minimum atomic E-state index is 0.235. The van der Waals surface area contributed by atoms with Crippen molar-refractivity contribution in [1.82, 2.24) is 0 Å². The highest BCUT2D eigenvalue weighted by Gasteiger charge is 2.28. The minimum Gasteiger partial charge on any atom is -0.396 e. The molecule has 1 aromatic carbocycles. The van der Waals surface area contributed by atoms with Crippen LogP contribution in [0.15, 0.2) is 24.3 Å². The van der Waals surface area contributed by atoms with Gasteiger partial charge in [0.2, 0.25) is 0 Å². The van der Waals surface area contributed by atoms with Crippen LogP contribution in [0.25, 0.3) is 0 Å². The van der Waals surface area contributed by atoms with Crippen molar-refractivity contribution in [3.8, 4) is 0 Å². The van der Waals surface area contributed by atoms with Crippen molar-refractivity contribution in [3.63, 3.8) is 0 Å². The Morgan fingerprint density at radius 1 is 1.25 bits per heavy atom. The smallest absolute Gasteiger partial charge is 0.0471 e. The molecule has 2 nitrogen and oxygen atoms in total. The van der Waals surface area contributed by atoms with Gasteiger partial charge in [0, 0.05) is 25.4 Å². The molecule has 0 radical (unpaired) electrons. The summed E-state index contributed by atoms with van der Waals surface area (Å²) in [5.41, 5.74) is 2.53. The summed E-state index contributed by atoms with van der Waals surface area (Å²) >= 11 is 0. The van der Waals surface area contributed by atoms with Gasteiger partial charge < -0.3 is 10.0 Å². The fourth-order valence-electron chi connectivity index (χ4n) is 2.15. The van der Waals surface area contributed by atoms with Gasteiger partial charge in [0.15, 0.2) is 0 Å². The van der Waals surface area contributed by atoms with Gasteiger partial charge in [-0.25, -0.2) is 0 Å². The molecule has 1 aliphatic heterocycles. The van der Waals surface area contributed by atoms with Crippen molar-refractivity contribution in [2.24, 2.45) is 11.8 Å². The van der Waals surface area contributed by atoms with E-state index in [1.807, 2.05) is 0 Å². The summed E-state index contributed by atoms with van der Waals surface area (Å²) in [5, 5.41) is 8.84. The SMILES string of the molecule is CC(C)C1CN(c2ccc(CCO)cc2)C1. The van der Waals surface area contributed by atoms with Gasteiger partial charge in [-0.05, 0) is 36.0 Å². The molecule has 1 aromatic rings. The maximum atomic E-state index is 8.84. The van der Waals surface area contributed by atoms with Crippen LogP contribution in [-0.2, 0) is 6.42 Å². The van der Waals surface area contributed by atoms with Crippen LogP contribution in [0.2, 0.25) is 0 Å². The number of aliphatic hydroxyl groups excluding tert-OH is 1. The second kappa shape index (κ2) is 4.88. The van der Waals surface area contributed by atoms with Crippen molar-refractivity contribution in [1.29, 1.82) is 0 Å². The van der Waals surface area contributed by atoms with Crippen LogP contribution in [0, 0.1) is 11.8 Å². The van der Waals surface area contributed by atoms with Crippen molar-refractivity contribution < 1.29 is 5.11 Å². The lowest BCUT2D eigenvalue weighted by Gasteiger charge is -2.43. The van der Waals surface area contributed by atoms with Gasteiger partial charge in [-0.2, -0.15) is 0 Å². The second-order valence-electron chi connectivity index (χ2n) is 5.05. The van der Waals surface area contributed by atoms with E-state index in [0.29, 0.717) is 0 Å². The lowest BCUT2D eigenvalue weighted by Crippen LogP contribution is -2.49. The molecule has 16 heavy (non-hydrogen) atoms. The summed E-state index contributed by atoms with van der Waals surface area (Å²) < 4.78 is 0. The van der Waals surface area contributed by atoms with Gasteiger partial charge in [-0.1, -0.05) is 26.0 Å². The molecule has 1 aliphatic rings.